The van der Waals surface area contributed by atoms with Gasteiger partial charge in [0, 0.05) is 32.7 Å². The summed E-state index contributed by atoms with van der Waals surface area (Å²) in [6, 6.07) is 0. The minimum atomic E-state index is -0.142. The zero-order chi connectivity index (χ0) is 12.9. The molecule has 0 aromatic carbocycles. The van der Waals surface area contributed by atoms with Crippen LogP contribution in [0.25, 0.3) is 0 Å². The molecule has 1 atom stereocenters. The van der Waals surface area contributed by atoms with Gasteiger partial charge in [-0.1, -0.05) is 27.7 Å². The van der Waals surface area contributed by atoms with Crippen LogP contribution in [0.2, 0.25) is 0 Å². The second-order valence-electron chi connectivity index (χ2n) is 6.51. The third kappa shape index (κ3) is 6.39. The summed E-state index contributed by atoms with van der Waals surface area (Å²) in [4.78, 5) is 4.95. The largest absolute Gasteiger partial charge is 0.392 e. The Balaban J connectivity index is 2.17. The second-order valence-corrected chi connectivity index (χ2v) is 6.51. The van der Waals surface area contributed by atoms with Crippen molar-refractivity contribution in [1.82, 2.24) is 9.80 Å². The summed E-state index contributed by atoms with van der Waals surface area (Å²) in [5.41, 5.74) is 0.440. The van der Waals surface area contributed by atoms with E-state index in [1.54, 1.807) is 0 Å². The molecule has 1 aliphatic rings. The minimum Gasteiger partial charge on any atom is -0.392 e. The maximum Gasteiger partial charge on any atom is 0.0664 e. The molecule has 0 aromatic heterocycles. The smallest absolute Gasteiger partial charge is 0.0664 e. The highest BCUT2D eigenvalue weighted by Crippen LogP contribution is 2.19. The van der Waals surface area contributed by atoms with Crippen LogP contribution in [-0.4, -0.2) is 60.3 Å². The van der Waals surface area contributed by atoms with Gasteiger partial charge in [-0.25, -0.2) is 0 Å². The van der Waals surface area contributed by atoms with Crippen molar-refractivity contribution in [1.29, 1.82) is 0 Å². The van der Waals surface area contributed by atoms with Crippen LogP contribution in [0, 0.1) is 5.41 Å². The predicted molar refractivity (Wildman–Crippen MR) is 73.2 cm³/mol. The van der Waals surface area contributed by atoms with Crippen LogP contribution in [0.3, 0.4) is 0 Å². The van der Waals surface area contributed by atoms with Crippen LogP contribution >= 0.6 is 0 Å². The van der Waals surface area contributed by atoms with Crippen molar-refractivity contribution in [2.24, 2.45) is 5.41 Å². The fourth-order valence-corrected chi connectivity index (χ4v) is 2.12. The van der Waals surface area contributed by atoms with E-state index in [1.807, 2.05) is 6.92 Å². The molecular formula is C14H30N2O. The molecule has 1 saturated heterocycles. The van der Waals surface area contributed by atoms with Gasteiger partial charge in [-0.15, -0.1) is 0 Å². The molecule has 0 amide bonds. The second kappa shape index (κ2) is 6.72. The molecule has 0 aliphatic carbocycles. The van der Waals surface area contributed by atoms with E-state index in [4.69, 9.17) is 0 Å². The SMILES string of the molecule is CCC(O)CN1CCN(CCC(C)(C)C)CC1. The molecule has 0 aromatic rings. The van der Waals surface area contributed by atoms with Gasteiger partial charge in [0.25, 0.3) is 0 Å². The molecule has 0 saturated carbocycles. The first kappa shape index (κ1) is 14.9. The van der Waals surface area contributed by atoms with Gasteiger partial charge in [-0.05, 0) is 24.8 Å². The molecule has 0 bridgehead atoms. The lowest BCUT2D eigenvalue weighted by Gasteiger charge is -2.36. The molecule has 17 heavy (non-hydrogen) atoms. The molecule has 102 valence electrons. The van der Waals surface area contributed by atoms with Crippen molar-refractivity contribution in [2.45, 2.75) is 46.6 Å². The molecule has 1 heterocycles. The lowest BCUT2D eigenvalue weighted by atomic mass is 9.92. The van der Waals surface area contributed by atoms with E-state index in [-0.39, 0.29) is 6.10 Å². The van der Waals surface area contributed by atoms with Crippen LogP contribution in [0.4, 0.5) is 0 Å². The topological polar surface area (TPSA) is 26.7 Å². The predicted octanol–water partition coefficient (Wildman–Crippen LogP) is 1.81. The van der Waals surface area contributed by atoms with Crippen LogP contribution in [0.5, 0.6) is 0 Å². The van der Waals surface area contributed by atoms with Gasteiger partial charge in [-0.2, -0.15) is 0 Å². The Morgan fingerprint density at radius 1 is 1.06 bits per heavy atom. The van der Waals surface area contributed by atoms with Crippen LogP contribution in [0.15, 0.2) is 0 Å². The number of hydrogen-bond donors (Lipinski definition) is 1. The van der Waals surface area contributed by atoms with Gasteiger partial charge >= 0.3 is 0 Å². The zero-order valence-electron chi connectivity index (χ0n) is 12.1. The highest BCUT2D eigenvalue weighted by molar-refractivity contribution is 4.75. The standard InChI is InChI=1S/C14H30N2O/c1-5-13(17)12-16-10-8-15(9-11-16)7-6-14(2,3)4/h13,17H,5-12H2,1-4H3. The Morgan fingerprint density at radius 3 is 2.06 bits per heavy atom. The first-order valence-electron chi connectivity index (χ1n) is 7.03. The number of rotatable bonds is 5. The number of aliphatic hydroxyl groups excluding tert-OH is 1. The summed E-state index contributed by atoms with van der Waals surface area (Å²) in [6.45, 7) is 15.6. The Labute approximate surface area is 107 Å². The van der Waals surface area contributed by atoms with E-state index in [9.17, 15) is 5.11 Å². The Kier molecular flexibility index (Phi) is 5.90. The fourth-order valence-electron chi connectivity index (χ4n) is 2.12. The number of piperazine rings is 1. The number of nitrogens with zero attached hydrogens (tertiary/aromatic N) is 2. The van der Waals surface area contributed by atoms with Gasteiger partial charge in [0.15, 0.2) is 0 Å². The van der Waals surface area contributed by atoms with Gasteiger partial charge in [-0.3, -0.25) is 4.90 Å². The summed E-state index contributed by atoms with van der Waals surface area (Å²) in [7, 11) is 0. The maximum absolute atomic E-state index is 9.63. The molecule has 1 unspecified atom stereocenters. The van der Waals surface area contributed by atoms with Gasteiger partial charge < -0.3 is 10.0 Å². The summed E-state index contributed by atoms with van der Waals surface area (Å²) in [6.07, 6.45) is 1.99. The molecule has 3 heteroatoms. The van der Waals surface area contributed by atoms with Crippen molar-refractivity contribution >= 4 is 0 Å². The molecule has 1 aliphatic heterocycles. The molecule has 1 fully saturated rings. The van der Waals surface area contributed by atoms with Gasteiger partial charge in [0.05, 0.1) is 6.10 Å². The highest BCUT2D eigenvalue weighted by Gasteiger charge is 2.20. The van der Waals surface area contributed by atoms with E-state index in [0.29, 0.717) is 5.41 Å². The highest BCUT2D eigenvalue weighted by atomic mass is 16.3. The lowest BCUT2D eigenvalue weighted by Crippen LogP contribution is -2.48. The monoisotopic (exact) mass is 242 g/mol. The Morgan fingerprint density at radius 2 is 1.59 bits per heavy atom. The molecule has 1 N–H and O–H groups in total. The summed E-state index contributed by atoms with van der Waals surface area (Å²) >= 11 is 0. The van der Waals surface area contributed by atoms with Crippen LogP contribution in [0.1, 0.15) is 40.5 Å². The molecule has 0 spiro atoms. The van der Waals surface area contributed by atoms with Crippen LogP contribution < -0.4 is 0 Å². The van der Waals surface area contributed by atoms with E-state index >= 15 is 0 Å². The first-order valence-corrected chi connectivity index (χ1v) is 7.03. The summed E-state index contributed by atoms with van der Waals surface area (Å²) in [5, 5.41) is 9.63. The minimum absolute atomic E-state index is 0.142. The van der Waals surface area contributed by atoms with Crippen LogP contribution in [-0.2, 0) is 0 Å². The average Bonchev–Trinajstić information content (AvgIpc) is 2.27. The van der Waals surface area contributed by atoms with Crippen molar-refractivity contribution in [2.75, 3.05) is 39.3 Å². The molecular weight excluding hydrogens is 212 g/mol. The third-order valence-electron chi connectivity index (χ3n) is 3.58. The number of hydrogen-bond acceptors (Lipinski definition) is 3. The maximum atomic E-state index is 9.63. The van der Waals surface area contributed by atoms with Crippen molar-refractivity contribution < 1.29 is 5.11 Å². The molecule has 3 nitrogen and oxygen atoms in total. The first-order chi connectivity index (χ1) is 7.90. The van der Waals surface area contributed by atoms with E-state index < -0.39 is 0 Å². The number of β-amino-alcohol motifs (C(OH)–C–C–N with tert-alkyl or cyclic N) is 1. The molecule has 0 radical (unpaired) electrons. The lowest BCUT2D eigenvalue weighted by molar-refractivity contribution is 0.0675. The summed E-state index contributed by atoms with van der Waals surface area (Å²) < 4.78 is 0. The zero-order valence-corrected chi connectivity index (χ0v) is 12.1. The fraction of sp³-hybridized carbons (Fsp3) is 1.00. The van der Waals surface area contributed by atoms with Gasteiger partial charge in [0.1, 0.15) is 0 Å². The van der Waals surface area contributed by atoms with Crippen molar-refractivity contribution in [3.05, 3.63) is 0 Å². The van der Waals surface area contributed by atoms with E-state index in [0.717, 1.165) is 39.1 Å². The normalized spacial score (nSPS) is 21.7. The third-order valence-corrected chi connectivity index (χ3v) is 3.58. The average molecular weight is 242 g/mol. The van der Waals surface area contributed by atoms with Crippen molar-refractivity contribution in [3.8, 4) is 0 Å². The Bertz CT molecular complexity index is 205. The van der Waals surface area contributed by atoms with Crippen molar-refractivity contribution in [3.63, 3.8) is 0 Å². The van der Waals surface area contributed by atoms with E-state index in [1.165, 1.54) is 13.0 Å². The summed E-state index contributed by atoms with van der Waals surface area (Å²) in [5.74, 6) is 0. The number of aliphatic hydroxyl groups is 1. The van der Waals surface area contributed by atoms with Gasteiger partial charge in [0.2, 0.25) is 0 Å². The quantitative estimate of drug-likeness (QED) is 0.796. The van der Waals surface area contributed by atoms with E-state index in [2.05, 4.69) is 30.6 Å². The Hall–Kier alpha value is -0.120. The molecule has 1 rings (SSSR count).